The van der Waals surface area contributed by atoms with Gasteiger partial charge in [-0.05, 0) is 6.07 Å². The lowest BCUT2D eigenvalue weighted by Gasteiger charge is -1.74. The Hall–Kier alpha value is -0.480. The van der Waals surface area contributed by atoms with E-state index in [4.69, 9.17) is 0 Å². The van der Waals surface area contributed by atoms with Gasteiger partial charge in [0.15, 0.2) is 0 Å². The van der Waals surface area contributed by atoms with Crippen molar-refractivity contribution in [1.29, 1.82) is 0 Å². The smallest absolute Gasteiger partial charge is 0.0487 e. The molecule has 0 aromatic carbocycles. The predicted molar refractivity (Wildman–Crippen MR) is 43.9 cm³/mol. The van der Waals surface area contributed by atoms with Gasteiger partial charge >= 0.3 is 0 Å². The maximum Gasteiger partial charge on any atom is 0.0487 e. The lowest BCUT2D eigenvalue weighted by molar-refractivity contribution is 0.885. The summed E-state index contributed by atoms with van der Waals surface area (Å²) >= 11 is 1.96. The fraction of sp³-hybridized carbons (Fsp3) is 0.500. The van der Waals surface area contributed by atoms with E-state index in [-0.39, 0.29) is 0 Å². The van der Waals surface area contributed by atoms with Crippen molar-refractivity contribution >= 4 is 11.8 Å². The number of aromatic nitrogens is 2. The molecule has 2 N–H and O–H groups in total. The highest BCUT2D eigenvalue weighted by atomic mass is 32.2. The third kappa shape index (κ3) is 3.53. The predicted octanol–water partition coefficient (Wildman–Crippen LogP) is 0.690. The first-order valence-corrected chi connectivity index (χ1v) is 4.38. The number of H-pyrrole nitrogens is 1. The summed E-state index contributed by atoms with van der Waals surface area (Å²) in [6.45, 7) is 1.21. The first-order chi connectivity index (χ1) is 5.00. The van der Waals surface area contributed by atoms with Gasteiger partial charge < -0.3 is 5.32 Å². The van der Waals surface area contributed by atoms with Gasteiger partial charge in [-0.25, -0.2) is 0 Å². The van der Waals surface area contributed by atoms with E-state index in [2.05, 4.69) is 15.5 Å². The molecule has 0 spiro atoms. The fourth-order valence-electron chi connectivity index (χ4n) is 0.576. The summed E-state index contributed by atoms with van der Waals surface area (Å²) in [4.78, 5) is 0. The molecule has 1 saturated heterocycles. The number of hydrogen-bond donors (Lipinski definition) is 2. The lowest BCUT2D eigenvalue weighted by Crippen LogP contribution is -2.04. The van der Waals surface area contributed by atoms with Crippen LogP contribution in [0.2, 0.25) is 0 Å². The molecule has 0 bridgehead atoms. The van der Waals surface area contributed by atoms with Crippen LogP contribution in [0.1, 0.15) is 0 Å². The van der Waals surface area contributed by atoms with Gasteiger partial charge in [-0.3, -0.25) is 5.10 Å². The molecule has 0 aliphatic carbocycles. The highest BCUT2D eigenvalue weighted by Crippen LogP contribution is 1.99. The van der Waals surface area contributed by atoms with Crippen LogP contribution in [0.25, 0.3) is 0 Å². The number of rotatable bonds is 0. The van der Waals surface area contributed by atoms with Gasteiger partial charge in [0.2, 0.25) is 0 Å². The van der Waals surface area contributed by atoms with E-state index in [1.165, 1.54) is 18.2 Å². The molecule has 1 aromatic rings. The molecule has 1 aliphatic heterocycles. The number of thioether (sulfide) groups is 1. The van der Waals surface area contributed by atoms with Crippen LogP contribution in [0.4, 0.5) is 0 Å². The molecular weight excluding hydrogens is 146 g/mol. The van der Waals surface area contributed by atoms with E-state index < -0.39 is 0 Å². The molecule has 2 heterocycles. The molecular formula is C6H11N3S. The van der Waals surface area contributed by atoms with E-state index in [9.17, 15) is 0 Å². The second-order valence-electron chi connectivity index (χ2n) is 1.82. The van der Waals surface area contributed by atoms with Crippen molar-refractivity contribution in [3.63, 3.8) is 0 Å². The van der Waals surface area contributed by atoms with E-state index in [0.29, 0.717) is 0 Å². The molecule has 0 atom stereocenters. The van der Waals surface area contributed by atoms with Crippen molar-refractivity contribution in [1.82, 2.24) is 15.5 Å². The molecule has 1 aromatic heterocycles. The minimum Gasteiger partial charge on any atom is -0.307 e. The lowest BCUT2D eigenvalue weighted by atomic mass is 10.8. The highest BCUT2D eigenvalue weighted by molar-refractivity contribution is 7.99. The first kappa shape index (κ1) is 7.63. The van der Waals surface area contributed by atoms with Crippen LogP contribution >= 0.6 is 11.8 Å². The van der Waals surface area contributed by atoms with E-state index in [1.807, 2.05) is 17.8 Å². The zero-order valence-electron chi connectivity index (χ0n) is 5.71. The number of aromatic amines is 1. The Labute approximate surface area is 64.6 Å². The van der Waals surface area contributed by atoms with Crippen molar-refractivity contribution in [3.05, 3.63) is 18.5 Å². The number of nitrogens with zero attached hydrogens (tertiary/aromatic N) is 1. The van der Waals surface area contributed by atoms with Crippen molar-refractivity contribution in [3.8, 4) is 0 Å². The van der Waals surface area contributed by atoms with Crippen molar-refractivity contribution < 1.29 is 0 Å². The minimum absolute atomic E-state index is 1.17. The van der Waals surface area contributed by atoms with Crippen LogP contribution < -0.4 is 5.32 Å². The Kier molecular flexibility index (Phi) is 4.05. The monoisotopic (exact) mass is 157 g/mol. The molecule has 1 aliphatic rings. The summed E-state index contributed by atoms with van der Waals surface area (Å²) in [5, 5.41) is 9.39. The first-order valence-electron chi connectivity index (χ1n) is 3.22. The average Bonchev–Trinajstić information content (AvgIpc) is 2.67. The zero-order valence-corrected chi connectivity index (χ0v) is 6.53. The minimum atomic E-state index is 1.17. The van der Waals surface area contributed by atoms with Gasteiger partial charge in [0.05, 0.1) is 0 Å². The van der Waals surface area contributed by atoms with Crippen LogP contribution in [0.15, 0.2) is 18.5 Å². The molecule has 56 valence electrons. The maximum absolute atomic E-state index is 3.60. The maximum atomic E-state index is 3.60. The largest absolute Gasteiger partial charge is 0.307 e. The van der Waals surface area contributed by atoms with Crippen molar-refractivity contribution in [2.45, 2.75) is 0 Å². The Morgan fingerprint density at radius 3 is 2.70 bits per heavy atom. The summed E-state index contributed by atoms with van der Waals surface area (Å²) < 4.78 is 0. The molecule has 1 fully saturated rings. The van der Waals surface area contributed by atoms with Gasteiger partial charge in [-0.15, -0.1) is 11.8 Å². The van der Waals surface area contributed by atoms with Gasteiger partial charge in [0.25, 0.3) is 0 Å². The topological polar surface area (TPSA) is 40.7 Å². The Morgan fingerprint density at radius 2 is 2.50 bits per heavy atom. The van der Waals surface area contributed by atoms with Crippen molar-refractivity contribution in [2.24, 2.45) is 0 Å². The van der Waals surface area contributed by atoms with Crippen LogP contribution in [-0.2, 0) is 0 Å². The highest BCUT2D eigenvalue weighted by Gasteiger charge is 1.93. The quantitative estimate of drug-likeness (QED) is 0.582. The van der Waals surface area contributed by atoms with E-state index >= 15 is 0 Å². The van der Waals surface area contributed by atoms with Gasteiger partial charge in [-0.2, -0.15) is 5.10 Å². The molecule has 0 amide bonds. The second-order valence-corrected chi connectivity index (χ2v) is 2.92. The SMILES string of the molecule is C1CSCN1.c1cn[nH]c1. The van der Waals surface area contributed by atoms with Gasteiger partial charge in [0, 0.05) is 30.6 Å². The van der Waals surface area contributed by atoms with Crippen LogP contribution in [0.5, 0.6) is 0 Å². The third-order valence-electron chi connectivity index (χ3n) is 1.03. The Morgan fingerprint density at radius 1 is 1.50 bits per heavy atom. The Bertz CT molecular complexity index is 112. The molecule has 0 unspecified atom stereocenters. The number of hydrogen-bond acceptors (Lipinski definition) is 3. The molecule has 0 radical (unpaired) electrons. The molecule has 3 nitrogen and oxygen atoms in total. The Balaban J connectivity index is 0.0000001000. The summed E-state index contributed by atoms with van der Waals surface area (Å²) in [6, 6.07) is 1.83. The van der Waals surface area contributed by atoms with Crippen LogP contribution in [-0.4, -0.2) is 28.4 Å². The zero-order chi connectivity index (χ0) is 7.07. The number of nitrogens with one attached hydrogen (secondary N) is 2. The summed E-state index contributed by atoms with van der Waals surface area (Å²) in [5.74, 6) is 2.47. The molecule has 4 heteroatoms. The van der Waals surface area contributed by atoms with E-state index in [0.717, 1.165) is 0 Å². The van der Waals surface area contributed by atoms with E-state index in [1.54, 1.807) is 12.4 Å². The summed E-state index contributed by atoms with van der Waals surface area (Å²) in [7, 11) is 0. The average molecular weight is 157 g/mol. The van der Waals surface area contributed by atoms with Crippen LogP contribution in [0.3, 0.4) is 0 Å². The summed E-state index contributed by atoms with van der Waals surface area (Å²) in [5.41, 5.74) is 0. The standard InChI is InChI=1S/C3H4N2.C3H7NS/c1-2-4-5-3-1;1-2-5-3-4-1/h1-3H,(H,4,5);4H,1-3H2. The molecule has 0 saturated carbocycles. The van der Waals surface area contributed by atoms with Gasteiger partial charge in [-0.1, -0.05) is 0 Å². The van der Waals surface area contributed by atoms with Crippen LogP contribution in [0, 0.1) is 0 Å². The summed E-state index contributed by atoms with van der Waals surface area (Å²) in [6.07, 6.45) is 3.46. The normalized spacial score (nSPS) is 16.0. The molecule has 10 heavy (non-hydrogen) atoms. The fourth-order valence-corrected chi connectivity index (χ4v) is 1.30. The second kappa shape index (κ2) is 5.32. The van der Waals surface area contributed by atoms with Gasteiger partial charge in [0.1, 0.15) is 0 Å². The third-order valence-corrected chi connectivity index (χ3v) is 1.93. The van der Waals surface area contributed by atoms with Crippen molar-refractivity contribution in [2.75, 3.05) is 18.2 Å². The molecule has 2 rings (SSSR count).